The summed E-state index contributed by atoms with van der Waals surface area (Å²) in [6, 6.07) is 11.4. The third kappa shape index (κ3) is 5.54. The Morgan fingerprint density at radius 2 is 1.94 bits per heavy atom. The molecule has 2 amide bonds. The van der Waals surface area contributed by atoms with Crippen molar-refractivity contribution < 1.29 is 14.0 Å². The summed E-state index contributed by atoms with van der Waals surface area (Å²) in [6.45, 7) is 11.0. The summed E-state index contributed by atoms with van der Waals surface area (Å²) in [5.74, 6) is -0.392. The van der Waals surface area contributed by atoms with E-state index in [0.29, 0.717) is 29.9 Å². The zero-order chi connectivity index (χ0) is 25.3. The van der Waals surface area contributed by atoms with E-state index >= 15 is 0 Å². The Hall–Kier alpha value is -3.24. The second-order valence-corrected chi connectivity index (χ2v) is 10.8. The number of piperazine rings is 1. The Kier molecular flexibility index (Phi) is 6.95. The summed E-state index contributed by atoms with van der Waals surface area (Å²) in [4.78, 5) is 29.9. The van der Waals surface area contributed by atoms with Gasteiger partial charge in [-0.25, -0.2) is 4.39 Å². The average Bonchev–Trinajstić information content (AvgIpc) is 2.80. The van der Waals surface area contributed by atoms with Gasteiger partial charge in [0.1, 0.15) is 5.82 Å². The van der Waals surface area contributed by atoms with Crippen LogP contribution in [0.25, 0.3) is 0 Å². The Morgan fingerprint density at radius 3 is 2.60 bits per heavy atom. The molecule has 1 N–H and O–H groups in total. The molecule has 0 radical (unpaired) electrons. The van der Waals surface area contributed by atoms with Crippen molar-refractivity contribution in [3.05, 3.63) is 64.5 Å². The Labute approximate surface area is 206 Å². The van der Waals surface area contributed by atoms with Crippen molar-refractivity contribution in [1.82, 2.24) is 9.80 Å². The van der Waals surface area contributed by atoms with Crippen LogP contribution in [0.4, 0.5) is 10.1 Å². The SMILES string of the molecule is Cc1c(CN2CCN(C(=O)C3CC(C)(C)C3)[C@@H](C)C2)cc(F)cc1NC(=O)c1cccc(C#N)c1. The zero-order valence-corrected chi connectivity index (χ0v) is 20.9. The molecule has 1 heterocycles. The molecule has 6 nitrogen and oxygen atoms in total. The lowest BCUT2D eigenvalue weighted by atomic mass is 9.64. The van der Waals surface area contributed by atoms with E-state index in [1.807, 2.05) is 17.9 Å². The van der Waals surface area contributed by atoms with Gasteiger partial charge < -0.3 is 10.2 Å². The third-order valence-electron chi connectivity index (χ3n) is 7.32. The summed E-state index contributed by atoms with van der Waals surface area (Å²) >= 11 is 0. The molecule has 0 unspecified atom stereocenters. The predicted octanol–water partition coefficient (Wildman–Crippen LogP) is 4.73. The van der Waals surface area contributed by atoms with Gasteiger partial charge in [0.15, 0.2) is 0 Å². The summed E-state index contributed by atoms with van der Waals surface area (Å²) < 4.78 is 14.5. The quantitative estimate of drug-likeness (QED) is 0.677. The Balaban J connectivity index is 1.41. The molecular formula is C28H33FN4O2. The molecule has 0 bridgehead atoms. The van der Waals surface area contributed by atoms with Gasteiger partial charge in [-0.15, -0.1) is 0 Å². The van der Waals surface area contributed by atoms with Gasteiger partial charge in [0, 0.05) is 49.4 Å². The van der Waals surface area contributed by atoms with Crippen LogP contribution in [0.2, 0.25) is 0 Å². The minimum absolute atomic E-state index is 0.0976. The number of carbonyl (C=O) groups excluding carboxylic acids is 2. The van der Waals surface area contributed by atoms with E-state index in [0.717, 1.165) is 37.1 Å². The highest BCUT2D eigenvalue weighted by Gasteiger charge is 2.43. The maximum atomic E-state index is 14.5. The number of nitrogens with one attached hydrogen (secondary N) is 1. The summed E-state index contributed by atoms with van der Waals surface area (Å²) in [7, 11) is 0. The summed E-state index contributed by atoms with van der Waals surface area (Å²) in [6.07, 6.45) is 1.91. The number of amides is 2. The highest BCUT2D eigenvalue weighted by Crippen LogP contribution is 2.45. The van der Waals surface area contributed by atoms with Gasteiger partial charge in [-0.1, -0.05) is 19.9 Å². The Morgan fingerprint density at radius 1 is 1.20 bits per heavy atom. The standard InChI is InChI=1S/C28H33FN4O2/c1-18-16-32(8-9-33(18)27(35)23-13-28(3,4)14-23)17-22-11-24(29)12-25(19(22)2)31-26(34)21-7-5-6-20(10-21)15-30/h5-7,10-12,18,23H,8-9,13-14,16-17H2,1-4H3,(H,31,34)/t18-/m0/s1. The van der Waals surface area contributed by atoms with Crippen molar-refractivity contribution in [2.45, 2.75) is 53.1 Å². The van der Waals surface area contributed by atoms with E-state index < -0.39 is 5.82 Å². The van der Waals surface area contributed by atoms with Crippen LogP contribution in [-0.4, -0.2) is 47.3 Å². The molecule has 0 spiro atoms. The molecule has 1 atom stereocenters. The second kappa shape index (κ2) is 9.79. The van der Waals surface area contributed by atoms with Gasteiger partial charge in [-0.2, -0.15) is 5.26 Å². The van der Waals surface area contributed by atoms with Crippen molar-refractivity contribution in [3.63, 3.8) is 0 Å². The molecule has 2 aliphatic rings. The van der Waals surface area contributed by atoms with Gasteiger partial charge >= 0.3 is 0 Å². The lowest BCUT2D eigenvalue weighted by Crippen LogP contribution is -2.56. The number of hydrogen-bond acceptors (Lipinski definition) is 4. The van der Waals surface area contributed by atoms with Crippen LogP contribution in [0.5, 0.6) is 0 Å². The topological polar surface area (TPSA) is 76.4 Å². The maximum Gasteiger partial charge on any atom is 0.255 e. The van der Waals surface area contributed by atoms with Gasteiger partial charge in [0.25, 0.3) is 5.91 Å². The summed E-state index contributed by atoms with van der Waals surface area (Å²) in [5.41, 5.74) is 3.03. The number of nitrogens with zero attached hydrogens (tertiary/aromatic N) is 3. The number of hydrogen-bond donors (Lipinski definition) is 1. The molecule has 0 aromatic heterocycles. The van der Waals surface area contributed by atoms with Gasteiger partial charge in [0.2, 0.25) is 5.91 Å². The van der Waals surface area contributed by atoms with Crippen molar-refractivity contribution in [2.24, 2.45) is 11.3 Å². The number of carbonyl (C=O) groups is 2. The van der Waals surface area contributed by atoms with Gasteiger partial charge in [-0.05, 0) is 73.6 Å². The molecule has 35 heavy (non-hydrogen) atoms. The van der Waals surface area contributed by atoms with E-state index in [4.69, 9.17) is 5.26 Å². The number of anilines is 1. The number of rotatable bonds is 5. The average molecular weight is 477 g/mol. The molecule has 1 aliphatic heterocycles. The first-order chi connectivity index (χ1) is 16.6. The lowest BCUT2D eigenvalue weighted by Gasteiger charge is -2.47. The minimum atomic E-state index is -0.416. The van der Waals surface area contributed by atoms with Crippen LogP contribution in [0.15, 0.2) is 36.4 Å². The maximum absolute atomic E-state index is 14.5. The van der Waals surface area contributed by atoms with Crippen molar-refractivity contribution in [3.8, 4) is 6.07 Å². The molecule has 7 heteroatoms. The van der Waals surface area contributed by atoms with Crippen molar-refractivity contribution in [1.29, 1.82) is 5.26 Å². The van der Waals surface area contributed by atoms with E-state index in [-0.39, 0.29) is 29.2 Å². The molecule has 2 aromatic rings. The van der Waals surface area contributed by atoms with E-state index in [1.54, 1.807) is 18.2 Å². The first-order valence-corrected chi connectivity index (χ1v) is 12.2. The van der Waals surface area contributed by atoms with Crippen molar-refractivity contribution >= 4 is 17.5 Å². The highest BCUT2D eigenvalue weighted by atomic mass is 19.1. The van der Waals surface area contributed by atoms with Crippen LogP contribution in [0.1, 0.15) is 60.7 Å². The molecule has 4 rings (SSSR count). The number of benzene rings is 2. The predicted molar refractivity (Wildman–Crippen MR) is 133 cm³/mol. The lowest BCUT2D eigenvalue weighted by molar-refractivity contribution is -0.147. The molecule has 2 aromatic carbocycles. The highest BCUT2D eigenvalue weighted by molar-refractivity contribution is 6.04. The molecule has 184 valence electrons. The van der Waals surface area contributed by atoms with Gasteiger partial charge in [0.05, 0.1) is 11.6 Å². The van der Waals surface area contributed by atoms with E-state index in [9.17, 15) is 14.0 Å². The summed E-state index contributed by atoms with van der Waals surface area (Å²) in [5, 5.41) is 11.9. The first-order valence-electron chi connectivity index (χ1n) is 12.2. The minimum Gasteiger partial charge on any atom is -0.337 e. The first kappa shape index (κ1) is 24.9. The van der Waals surface area contributed by atoms with Crippen LogP contribution in [-0.2, 0) is 11.3 Å². The van der Waals surface area contributed by atoms with Crippen LogP contribution < -0.4 is 5.32 Å². The number of halogens is 1. The molecule has 1 aliphatic carbocycles. The third-order valence-corrected chi connectivity index (χ3v) is 7.32. The van der Waals surface area contributed by atoms with E-state index in [1.165, 1.54) is 18.2 Å². The largest absolute Gasteiger partial charge is 0.337 e. The fourth-order valence-electron chi connectivity index (χ4n) is 5.38. The van der Waals surface area contributed by atoms with Crippen LogP contribution >= 0.6 is 0 Å². The van der Waals surface area contributed by atoms with Crippen LogP contribution in [0, 0.1) is 35.4 Å². The monoisotopic (exact) mass is 476 g/mol. The van der Waals surface area contributed by atoms with E-state index in [2.05, 4.69) is 31.0 Å². The molecule has 2 fully saturated rings. The number of nitriles is 1. The van der Waals surface area contributed by atoms with Crippen molar-refractivity contribution in [2.75, 3.05) is 25.0 Å². The normalized spacial score (nSPS) is 20.1. The smallest absolute Gasteiger partial charge is 0.255 e. The fourth-order valence-corrected chi connectivity index (χ4v) is 5.38. The molecule has 1 saturated carbocycles. The molecular weight excluding hydrogens is 443 g/mol. The fraction of sp³-hybridized carbons (Fsp3) is 0.464. The van der Waals surface area contributed by atoms with Gasteiger partial charge in [-0.3, -0.25) is 14.5 Å². The van der Waals surface area contributed by atoms with Crippen LogP contribution in [0.3, 0.4) is 0 Å². The Bertz CT molecular complexity index is 1180. The zero-order valence-electron chi connectivity index (χ0n) is 20.9. The second-order valence-electron chi connectivity index (χ2n) is 10.8. The molecule has 1 saturated heterocycles.